The molecule has 1 aromatic carbocycles. The van der Waals surface area contributed by atoms with Gasteiger partial charge < -0.3 is 5.84 Å². The summed E-state index contributed by atoms with van der Waals surface area (Å²) in [5.74, 6) is 7.06. The maximum absolute atomic E-state index is 12.3. The number of aromatic nitrogens is 4. The molecule has 0 aliphatic carbocycles. The first kappa shape index (κ1) is 18.4. The van der Waals surface area contributed by atoms with Gasteiger partial charge in [0.2, 0.25) is 11.1 Å². The number of thioether (sulfide) groups is 1. The summed E-state index contributed by atoms with van der Waals surface area (Å²) in [7, 11) is 0. The predicted octanol–water partition coefficient (Wildman–Crippen LogP) is 3.35. The van der Waals surface area contributed by atoms with E-state index in [4.69, 9.17) is 5.84 Å². The Morgan fingerprint density at radius 1 is 1.31 bits per heavy atom. The molecule has 0 aliphatic rings. The highest BCUT2D eigenvalue weighted by Gasteiger charge is 2.20. The molecule has 3 rings (SSSR count). The first-order valence-corrected chi connectivity index (χ1v) is 9.86. The smallest absolute Gasteiger partial charge is 0.230 e. The highest BCUT2D eigenvalue weighted by molar-refractivity contribution is 7.98. The average Bonchev–Trinajstić information content (AvgIpc) is 3.18. The van der Waals surface area contributed by atoms with E-state index < -0.39 is 0 Å². The van der Waals surface area contributed by atoms with Crippen molar-refractivity contribution in [3.63, 3.8) is 0 Å². The topological polar surface area (TPSA) is 89.9 Å². The van der Waals surface area contributed by atoms with E-state index in [-0.39, 0.29) is 5.91 Å². The van der Waals surface area contributed by atoms with Crippen LogP contribution < -0.4 is 10.7 Å². The number of amides is 1. The van der Waals surface area contributed by atoms with Gasteiger partial charge in [-0.1, -0.05) is 23.9 Å². The number of nitrogens with zero attached hydrogens (tertiary/aromatic N) is 5. The van der Waals surface area contributed by atoms with Gasteiger partial charge in [0.1, 0.15) is 5.82 Å². The van der Waals surface area contributed by atoms with Gasteiger partial charge in [0.15, 0.2) is 5.13 Å². The van der Waals surface area contributed by atoms with Crippen LogP contribution in [-0.4, -0.2) is 25.8 Å². The maximum atomic E-state index is 12.3. The molecule has 2 heterocycles. The lowest BCUT2D eigenvalue weighted by Crippen LogP contribution is -2.23. The summed E-state index contributed by atoms with van der Waals surface area (Å²) < 4.78 is 1.45. The Morgan fingerprint density at radius 3 is 2.73 bits per heavy atom. The van der Waals surface area contributed by atoms with Gasteiger partial charge in [0.05, 0.1) is 11.4 Å². The molecule has 0 unspecified atom stereocenters. The van der Waals surface area contributed by atoms with Gasteiger partial charge in [0.25, 0.3) is 0 Å². The monoisotopic (exact) mass is 388 g/mol. The van der Waals surface area contributed by atoms with E-state index in [1.54, 1.807) is 18.7 Å². The van der Waals surface area contributed by atoms with Crippen LogP contribution in [0.15, 0.2) is 28.7 Å². The summed E-state index contributed by atoms with van der Waals surface area (Å²) in [6.45, 7) is 7.40. The normalized spacial score (nSPS) is 10.9. The van der Waals surface area contributed by atoms with E-state index >= 15 is 0 Å². The second-order valence-electron chi connectivity index (χ2n) is 5.88. The zero-order valence-corrected chi connectivity index (χ0v) is 16.7. The highest BCUT2D eigenvalue weighted by atomic mass is 32.2. The van der Waals surface area contributed by atoms with Crippen molar-refractivity contribution in [2.45, 2.75) is 38.6 Å². The molecule has 0 bridgehead atoms. The van der Waals surface area contributed by atoms with E-state index in [0.717, 1.165) is 22.5 Å². The molecule has 0 saturated carbocycles. The first-order valence-electron chi connectivity index (χ1n) is 7.99. The van der Waals surface area contributed by atoms with Crippen molar-refractivity contribution < 1.29 is 4.79 Å². The highest BCUT2D eigenvalue weighted by Crippen LogP contribution is 2.33. The fraction of sp³-hybridized carbons (Fsp3) is 0.294. The number of nitrogens with two attached hydrogens (primary N) is 1. The molecule has 0 saturated heterocycles. The lowest BCUT2D eigenvalue weighted by atomic mass is 10.1. The van der Waals surface area contributed by atoms with E-state index in [9.17, 15) is 4.79 Å². The zero-order chi connectivity index (χ0) is 18.8. The van der Waals surface area contributed by atoms with Crippen molar-refractivity contribution in [3.05, 3.63) is 46.2 Å². The number of anilines is 2. The van der Waals surface area contributed by atoms with Gasteiger partial charge in [-0.15, -0.1) is 21.5 Å². The van der Waals surface area contributed by atoms with Gasteiger partial charge in [-0.25, -0.2) is 9.66 Å². The lowest BCUT2D eigenvalue weighted by Gasteiger charge is -2.21. The molecule has 0 aliphatic heterocycles. The number of rotatable bonds is 5. The average molecular weight is 389 g/mol. The molecule has 3 aromatic rings. The summed E-state index contributed by atoms with van der Waals surface area (Å²) in [6, 6.07) is 5.93. The van der Waals surface area contributed by atoms with Crippen molar-refractivity contribution >= 4 is 39.8 Å². The molecule has 0 spiro atoms. The van der Waals surface area contributed by atoms with Gasteiger partial charge in [-0.2, -0.15) is 0 Å². The number of nitrogen functional groups attached to an aromatic ring is 1. The number of hydrogen-bond acceptors (Lipinski definition) is 7. The largest absolute Gasteiger partial charge is 0.336 e. The molecule has 136 valence electrons. The van der Waals surface area contributed by atoms with Crippen LogP contribution >= 0.6 is 23.1 Å². The molecule has 2 N–H and O–H groups in total. The van der Waals surface area contributed by atoms with Crippen LogP contribution in [-0.2, 0) is 10.5 Å². The van der Waals surface area contributed by atoms with E-state index in [2.05, 4.69) is 15.2 Å². The predicted molar refractivity (Wildman–Crippen MR) is 105 cm³/mol. The third-order valence-electron chi connectivity index (χ3n) is 4.05. The van der Waals surface area contributed by atoms with Crippen molar-refractivity contribution in [1.29, 1.82) is 0 Å². The van der Waals surface area contributed by atoms with Crippen LogP contribution in [0.3, 0.4) is 0 Å². The molecule has 0 atom stereocenters. The first-order chi connectivity index (χ1) is 12.4. The molecule has 7 nitrogen and oxygen atoms in total. The van der Waals surface area contributed by atoms with Crippen molar-refractivity contribution in [3.8, 4) is 0 Å². The van der Waals surface area contributed by atoms with E-state index in [1.807, 2.05) is 37.4 Å². The minimum atomic E-state index is -0.0652. The molecule has 0 radical (unpaired) electrons. The molecule has 0 fully saturated rings. The Balaban J connectivity index is 1.83. The lowest BCUT2D eigenvalue weighted by molar-refractivity contribution is -0.115. The van der Waals surface area contributed by atoms with Crippen molar-refractivity contribution in [2.24, 2.45) is 0 Å². The van der Waals surface area contributed by atoms with Crippen LogP contribution in [0.5, 0.6) is 0 Å². The number of thiazole rings is 1. The number of aryl methyl sites for hydroxylation is 2. The Labute approximate surface area is 160 Å². The van der Waals surface area contributed by atoms with E-state index in [0.29, 0.717) is 21.9 Å². The quantitative estimate of drug-likeness (QED) is 0.532. The molecule has 1 amide bonds. The maximum Gasteiger partial charge on any atom is 0.230 e. The summed E-state index contributed by atoms with van der Waals surface area (Å²) in [4.78, 5) is 18.6. The number of carbonyl (C=O) groups is 1. The molecular weight excluding hydrogens is 368 g/mol. The molecular formula is C17H20N6OS2. The Morgan fingerprint density at radius 2 is 2.08 bits per heavy atom. The fourth-order valence-electron chi connectivity index (χ4n) is 2.44. The summed E-state index contributed by atoms with van der Waals surface area (Å²) in [5, 5.41) is 11.2. The third kappa shape index (κ3) is 3.58. The zero-order valence-electron chi connectivity index (χ0n) is 15.1. The molecule has 9 heteroatoms. The molecule has 2 aromatic heterocycles. The van der Waals surface area contributed by atoms with E-state index in [1.165, 1.54) is 27.8 Å². The number of hydrogen-bond donors (Lipinski definition) is 1. The van der Waals surface area contributed by atoms with Crippen LogP contribution in [0.2, 0.25) is 0 Å². The minimum absolute atomic E-state index is 0.0652. The van der Waals surface area contributed by atoms with Crippen LogP contribution in [0.25, 0.3) is 0 Å². The van der Waals surface area contributed by atoms with Crippen LogP contribution in [0.4, 0.5) is 10.8 Å². The number of benzene rings is 1. The summed E-state index contributed by atoms with van der Waals surface area (Å²) in [6.07, 6.45) is 0. The fourth-order valence-corrected chi connectivity index (χ4v) is 4.22. The van der Waals surface area contributed by atoms with Gasteiger partial charge in [-0.05, 0) is 38.0 Å². The SMILES string of the molecule is CC(=O)N(c1nc(CSc2nnc(C)n2N)cs1)c1cccc(C)c1C. The van der Waals surface area contributed by atoms with Gasteiger partial charge in [-0.3, -0.25) is 9.69 Å². The number of carbonyl (C=O) groups excluding carboxylic acids is 1. The van der Waals surface area contributed by atoms with Crippen LogP contribution in [0, 0.1) is 20.8 Å². The second-order valence-corrected chi connectivity index (χ2v) is 7.66. The Kier molecular flexibility index (Phi) is 5.28. The summed E-state index contributed by atoms with van der Waals surface area (Å²) in [5.41, 5.74) is 3.94. The van der Waals surface area contributed by atoms with Crippen molar-refractivity contribution in [1.82, 2.24) is 19.9 Å². The summed E-state index contributed by atoms with van der Waals surface area (Å²) >= 11 is 2.91. The van der Waals surface area contributed by atoms with Crippen molar-refractivity contribution in [2.75, 3.05) is 10.7 Å². The Hall–Kier alpha value is -2.39. The van der Waals surface area contributed by atoms with Gasteiger partial charge >= 0.3 is 0 Å². The second kappa shape index (κ2) is 7.46. The van der Waals surface area contributed by atoms with Gasteiger partial charge in [0, 0.05) is 18.1 Å². The third-order valence-corrected chi connectivity index (χ3v) is 5.90. The van der Waals surface area contributed by atoms with Crippen LogP contribution in [0.1, 0.15) is 29.6 Å². The molecule has 26 heavy (non-hydrogen) atoms. The minimum Gasteiger partial charge on any atom is -0.336 e. The standard InChI is InChI=1S/C17H20N6OS2/c1-10-6-5-7-15(11(10)2)22(13(4)24)16-19-14(8-25-16)9-26-17-21-20-12(3)23(17)18/h5-8H,9,18H2,1-4H3. The Bertz CT molecular complexity index is 949.